The summed E-state index contributed by atoms with van der Waals surface area (Å²) in [6, 6.07) is 15.9. The van der Waals surface area contributed by atoms with Gasteiger partial charge in [-0.05, 0) is 47.8 Å². The molecule has 0 amide bonds. The lowest BCUT2D eigenvalue weighted by Gasteiger charge is -2.13. The Hall–Kier alpha value is -3.04. The van der Waals surface area contributed by atoms with Crippen molar-refractivity contribution < 1.29 is 27.8 Å². The normalized spacial score (nSPS) is 11.0. The van der Waals surface area contributed by atoms with Crippen LogP contribution in [0.5, 0.6) is 11.5 Å². The number of benzene rings is 2. The second-order valence-corrected chi connectivity index (χ2v) is 8.42. The van der Waals surface area contributed by atoms with Crippen LogP contribution < -0.4 is 14.2 Å². The zero-order valence-corrected chi connectivity index (χ0v) is 16.2. The molecule has 146 valence electrons. The molecule has 7 nitrogen and oxygen atoms in total. The third kappa shape index (κ3) is 5.02. The number of rotatable bonds is 9. The Kier molecular flexibility index (Phi) is 6.17. The number of nitrogens with one attached hydrogen (secondary N) is 1. The van der Waals surface area contributed by atoms with Gasteiger partial charge in [0.2, 0.25) is 0 Å². The van der Waals surface area contributed by atoms with E-state index in [1.807, 2.05) is 0 Å². The maximum atomic E-state index is 12.4. The van der Waals surface area contributed by atoms with Gasteiger partial charge in [0.25, 0.3) is 10.0 Å². The van der Waals surface area contributed by atoms with Gasteiger partial charge in [0.05, 0.1) is 11.3 Å². The van der Waals surface area contributed by atoms with E-state index in [2.05, 4.69) is 4.72 Å². The van der Waals surface area contributed by atoms with Crippen LogP contribution in [0.3, 0.4) is 0 Å². The number of carbonyl (C=O) groups is 1. The molecule has 0 saturated carbocycles. The van der Waals surface area contributed by atoms with Crippen LogP contribution >= 0.6 is 11.3 Å². The summed E-state index contributed by atoms with van der Waals surface area (Å²) in [5.41, 5.74) is 0.511. The maximum Gasteiger partial charge on any atom is 0.335 e. The van der Waals surface area contributed by atoms with Crippen LogP contribution in [0.15, 0.2) is 70.3 Å². The third-order valence-corrected chi connectivity index (χ3v) is 6.37. The number of ether oxygens (including phenoxy) is 2. The van der Waals surface area contributed by atoms with Gasteiger partial charge in [-0.25, -0.2) is 13.2 Å². The predicted octanol–water partition coefficient (Wildman–Crippen LogP) is 3.70. The minimum absolute atomic E-state index is 0.176. The standard InChI is InChI=1S/C19H17NO6S2/c21-19(22)14-7-9-15(10-8-14)25-11-12-26-17-5-2-1-4-16(17)20-28(23,24)18-6-3-13-27-18/h1-10,13,20H,11-12H2,(H,21,22). The lowest BCUT2D eigenvalue weighted by atomic mass is 10.2. The summed E-state index contributed by atoms with van der Waals surface area (Å²) in [7, 11) is -3.67. The van der Waals surface area contributed by atoms with Crippen LogP contribution in [0.2, 0.25) is 0 Å². The zero-order valence-electron chi connectivity index (χ0n) is 14.6. The van der Waals surface area contributed by atoms with Gasteiger partial charge in [-0.1, -0.05) is 18.2 Å². The molecule has 3 aromatic rings. The molecule has 28 heavy (non-hydrogen) atoms. The van der Waals surface area contributed by atoms with Crippen LogP contribution in [0.1, 0.15) is 10.4 Å². The molecule has 3 rings (SSSR count). The number of anilines is 1. The highest BCUT2D eigenvalue weighted by atomic mass is 32.2. The first-order chi connectivity index (χ1) is 13.5. The van der Waals surface area contributed by atoms with E-state index >= 15 is 0 Å². The smallest absolute Gasteiger partial charge is 0.335 e. The number of carboxylic acids is 1. The largest absolute Gasteiger partial charge is 0.490 e. The molecule has 2 aromatic carbocycles. The summed E-state index contributed by atoms with van der Waals surface area (Å²) in [6.07, 6.45) is 0. The molecule has 0 bridgehead atoms. The molecule has 2 N–H and O–H groups in total. The SMILES string of the molecule is O=C(O)c1ccc(OCCOc2ccccc2NS(=O)(=O)c2cccs2)cc1. The summed E-state index contributed by atoms with van der Waals surface area (Å²) < 4.78 is 38.7. The molecule has 9 heteroatoms. The van der Waals surface area contributed by atoms with Crippen LogP contribution in [-0.4, -0.2) is 32.7 Å². The van der Waals surface area contributed by atoms with E-state index < -0.39 is 16.0 Å². The first kappa shape index (κ1) is 19.7. The number of carboxylic acid groups (broad SMARTS) is 1. The van der Waals surface area contributed by atoms with Gasteiger partial charge < -0.3 is 14.6 Å². The number of thiophene rings is 1. The van der Waals surface area contributed by atoms with Crippen LogP contribution in [-0.2, 0) is 10.0 Å². The minimum atomic E-state index is -3.67. The van der Waals surface area contributed by atoms with Gasteiger partial charge in [-0.3, -0.25) is 4.72 Å². The van der Waals surface area contributed by atoms with Gasteiger partial charge >= 0.3 is 5.97 Å². The molecule has 0 saturated heterocycles. The summed E-state index contributed by atoms with van der Waals surface area (Å²) in [5, 5.41) is 10.6. The van der Waals surface area contributed by atoms with E-state index in [4.69, 9.17) is 14.6 Å². The first-order valence-corrected chi connectivity index (χ1v) is 10.6. The highest BCUT2D eigenvalue weighted by molar-refractivity contribution is 7.94. The molecule has 0 aliphatic rings. The summed E-state index contributed by atoms with van der Waals surface area (Å²) in [6.45, 7) is 0.386. The first-order valence-electron chi connectivity index (χ1n) is 8.20. The predicted molar refractivity (Wildman–Crippen MR) is 106 cm³/mol. The number of sulfonamides is 1. The molecule has 0 fully saturated rings. The average molecular weight is 419 g/mol. The molecule has 0 unspecified atom stereocenters. The van der Waals surface area contributed by atoms with Crippen molar-refractivity contribution >= 4 is 33.0 Å². The molecule has 1 aromatic heterocycles. The fourth-order valence-electron chi connectivity index (χ4n) is 2.29. The Morgan fingerprint density at radius 2 is 1.68 bits per heavy atom. The highest BCUT2D eigenvalue weighted by Crippen LogP contribution is 2.27. The van der Waals surface area contributed by atoms with Crippen molar-refractivity contribution in [1.29, 1.82) is 0 Å². The molecule has 0 radical (unpaired) electrons. The van der Waals surface area contributed by atoms with Crippen LogP contribution in [0.4, 0.5) is 5.69 Å². The van der Waals surface area contributed by atoms with Crippen molar-refractivity contribution in [1.82, 2.24) is 0 Å². The Balaban J connectivity index is 1.57. The Labute approximate surface area is 166 Å². The highest BCUT2D eigenvalue weighted by Gasteiger charge is 2.17. The Morgan fingerprint density at radius 1 is 0.964 bits per heavy atom. The number of hydrogen-bond acceptors (Lipinski definition) is 6. The van der Waals surface area contributed by atoms with E-state index in [-0.39, 0.29) is 23.0 Å². The lowest BCUT2D eigenvalue weighted by molar-refractivity contribution is 0.0697. The number of aromatic carboxylic acids is 1. The van der Waals surface area contributed by atoms with Crippen molar-refractivity contribution in [2.24, 2.45) is 0 Å². The van der Waals surface area contributed by atoms with Crippen molar-refractivity contribution in [2.75, 3.05) is 17.9 Å². The molecular formula is C19H17NO6S2. The topological polar surface area (TPSA) is 102 Å². The second-order valence-electron chi connectivity index (χ2n) is 5.56. The van der Waals surface area contributed by atoms with Crippen LogP contribution in [0.25, 0.3) is 0 Å². The second kappa shape index (κ2) is 8.77. The Bertz CT molecular complexity index is 1030. The lowest BCUT2D eigenvalue weighted by Crippen LogP contribution is -2.14. The zero-order chi connectivity index (χ0) is 20.0. The molecule has 0 aliphatic carbocycles. The van der Waals surface area contributed by atoms with Crippen molar-refractivity contribution in [3.8, 4) is 11.5 Å². The van der Waals surface area contributed by atoms with Crippen LogP contribution in [0, 0.1) is 0 Å². The molecular weight excluding hydrogens is 402 g/mol. The minimum Gasteiger partial charge on any atom is -0.490 e. The van der Waals surface area contributed by atoms with Crippen molar-refractivity contribution in [2.45, 2.75) is 4.21 Å². The third-order valence-electron chi connectivity index (χ3n) is 3.60. The van der Waals surface area contributed by atoms with Gasteiger partial charge in [0, 0.05) is 0 Å². The molecule has 0 spiro atoms. The number of hydrogen-bond donors (Lipinski definition) is 2. The van der Waals surface area contributed by atoms with E-state index in [0.29, 0.717) is 17.2 Å². The summed E-state index contributed by atoms with van der Waals surface area (Å²) in [4.78, 5) is 10.8. The quantitative estimate of drug-likeness (QED) is 0.513. The Morgan fingerprint density at radius 3 is 2.36 bits per heavy atom. The summed E-state index contributed by atoms with van der Waals surface area (Å²) in [5.74, 6) is -0.107. The van der Waals surface area contributed by atoms with E-state index in [9.17, 15) is 13.2 Å². The van der Waals surface area contributed by atoms with Gasteiger partial charge in [-0.15, -0.1) is 11.3 Å². The van der Waals surface area contributed by atoms with E-state index in [0.717, 1.165) is 11.3 Å². The van der Waals surface area contributed by atoms with E-state index in [1.165, 1.54) is 18.2 Å². The average Bonchev–Trinajstić information content (AvgIpc) is 3.22. The van der Waals surface area contributed by atoms with E-state index in [1.54, 1.807) is 47.8 Å². The fourth-order valence-corrected chi connectivity index (χ4v) is 4.36. The van der Waals surface area contributed by atoms with Gasteiger partial charge in [0.1, 0.15) is 28.9 Å². The number of para-hydroxylation sites is 2. The monoisotopic (exact) mass is 419 g/mol. The molecule has 0 atom stereocenters. The van der Waals surface area contributed by atoms with Crippen molar-refractivity contribution in [3.05, 3.63) is 71.6 Å². The van der Waals surface area contributed by atoms with Crippen molar-refractivity contribution in [3.63, 3.8) is 0 Å². The fraction of sp³-hybridized carbons (Fsp3) is 0.105. The summed E-state index contributed by atoms with van der Waals surface area (Å²) >= 11 is 1.13. The van der Waals surface area contributed by atoms with Gasteiger partial charge in [0.15, 0.2) is 0 Å². The van der Waals surface area contributed by atoms with Gasteiger partial charge in [-0.2, -0.15) is 0 Å². The maximum absolute atomic E-state index is 12.4. The molecule has 0 aliphatic heterocycles. The molecule has 1 heterocycles.